The molecule has 0 bridgehead atoms. The molecule has 1 aromatic carbocycles. The quantitative estimate of drug-likeness (QED) is 0.198. The van der Waals surface area contributed by atoms with E-state index in [2.05, 4.69) is 49.3 Å². The van der Waals surface area contributed by atoms with Gasteiger partial charge in [0, 0.05) is 16.2 Å². The lowest BCUT2D eigenvalue weighted by Crippen LogP contribution is -2.71. The summed E-state index contributed by atoms with van der Waals surface area (Å²) in [6.07, 6.45) is 5.49. The Morgan fingerprint density at radius 2 is 1.65 bits per heavy atom. The summed E-state index contributed by atoms with van der Waals surface area (Å²) in [7, 11) is 0. The zero-order valence-electron chi connectivity index (χ0n) is 31.3. The molecule has 0 radical (unpaired) electrons. The van der Waals surface area contributed by atoms with Crippen LogP contribution in [-0.2, 0) is 11.3 Å². The number of aliphatic hydroxyl groups excluding tert-OH is 5. The van der Waals surface area contributed by atoms with Crippen molar-refractivity contribution in [2.75, 3.05) is 13.2 Å². The number of ether oxygens (including phenoxy) is 1. The molecular formula is C40H56N4O8. The van der Waals surface area contributed by atoms with Crippen LogP contribution in [0.1, 0.15) is 103 Å². The van der Waals surface area contributed by atoms with Crippen molar-refractivity contribution < 1.29 is 35.1 Å². The van der Waals surface area contributed by atoms with Crippen molar-refractivity contribution in [2.45, 2.75) is 118 Å². The summed E-state index contributed by atoms with van der Waals surface area (Å²) >= 11 is 0. The van der Waals surface area contributed by atoms with Crippen molar-refractivity contribution >= 4 is 5.91 Å². The number of benzene rings is 1. The van der Waals surface area contributed by atoms with E-state index in [0.717, 1.165) is 25.7 Å². The van der Waals surface area contributed by atoms with Gasteiger partial charge in [0.25, 0.3) is 0 Å². The minimum atomic E-state index is -1.23. The third-order valence-electron chi connectivity index (χ3n) is 15.9. The summed E-state index contributed by atoms with van der Waals surface area (Å²) in [4.78, 5) is 22.2. The van der Waals surface area contributed by atoms with Crippen LogP contribution in [0.2, 0.25) is 0 Å². The fraction of sp³-hybridized carbons (Fsp3) is 0.725. The third kappa shape index (κ3) is 5.11. The fourth-order valence-electron chi connectivity index (χ4n) is 12.5. The van der Waals surface area contributed by atoms with E-state index < -0.39 is 46.6 Å². The molecule has 2 aromatic rings. The summed E-state index contributed by atoms with van der Waals surface area (Å²) in [5.41, 5.74) is -0.403. The smallest absolute Gasteiger partial charge is 0.316 e. The van der Waals surface area contributed by atoms with E-state index in [1.807, 2.05) is 13.8 Å². The Hall–Kier alpha value is -2.87. The number of nitroso groups, excluding NO2 is 1. The number of rotatable bonds is 7. The number of aliphatic hydroxyl groups is 5. The first kappa shape index (κ1) is 37.4. The highest BCUT2D eigenvalue weighted by molar-refractivity contribution is 5.94. The number of fused-ring (bicyclic) bond motifs is 7. The van der Waals surface area contributed by atoms with Crippen LogP contribution in [0.15, 0.2) is 47.3 Å². The molecule has 4 saturated carbocycles. The molecule has 4 fully saturated rings. The topological polar surface area (TPSA) is 188 Å². The lowest BCUT2D eigenvalue weighted by molar-refractivity contribution is -0.263. The number of nitrogens with zero attached hydrogens (tertiary/aromatic N) is 4. The minimum Gasteiger partial charge on any atom is -0.396 e. The van der Waals surface area contributed by atoms with E-state index in [9.17, 15) is 35.2 Å². The van der Waals surface area contributed by atoms with Gasteiger partial charge in [-0.2, -0.15) is 0 Å². The van der Waals surface area contributed by atoms with Gasteiger partial charge in [0.1, 0.15) is 5.69 Å². The molecule has 1 amide bonds. The minimum absolute atomic E-state index is 0.00952. The Morgan fingerprint density at radius 3 is 2.33 bits per heavy atom. The Balaban J connectivity index is 1.19. The highest BCUT2D eigenvalue weighted by Crippen LogP contribution is 2.75. The van der Waals surface area contributed by atoms with E-state index in [0.29, 0.717) is 30.6 Å². The first-order chi connectivity index (χ1) is 24.4. The Kier molecular flexibility index (Phi) is 9.07. The number of allylic oxidation sites excluding steroid dienone is 2. The van der Waals surface area contributed by atoms with Crippen molar-refractivity contribution in [1.29, 1.82) is 0 Å². The van der Waals surface area contributed by atoms with Gasteiger partial charge in [-0.05, 0) is 109 Å². The maximum Gasteiger partial charge on any atom is 0.316 e. The Bertz CT molecular complexity index is 1740. The molecular weight excluding hydrogens is 664 g/mol. The molecule has 0 aliphatic heterocycles. The SMILES string of the molecule is CC1(C)CC2C3=CCC4[C@@]5(C)CC[C@H](O)[C@](C)(CO)C5CC[C@@]4(C)[C@]3(C)C[C@@H](O)[C@@]2(COCc2cn(-c3ccc(C(=O)N=O)cc3)nn2)[C@@H](O)[C@@H]1O. The number of carbonyl (C=O) groups is 1. The largest absolute Gasteiger partial charge is 0.396 e. The van der Waals surface area contributed by atoms with E-state index in [-0.39, 0.29) is 59.4 Å². The molecule has 12 nitrogen and oxygen atoms in total. The van der Waals surface area contributed by atoms with Crippen molar-refractivity contribution in [1.82, 2.24) is 15.0 Å². The van der Waals surface area contributed by atoms with Gasteiger partial charge >= 0.3 is 5.91 Å². The molecule has 52 heavy (non-hydrogen) atoms. The van der Waals surface area contributed by atoms with Gasteiger partial charge in [-0.3, -0.25) is 4.79 Å². The van der Waals surface area contributed by atoms with Gasteiger partial charge in [0.2, 0.25) is 0 Å². The van der Waals surface area contributed by atoms with Crippen LogP contribution in [0.25, 0.3) is 5.69 Å². The van der Waals surface area contributed by atoms with Crippen molar-refractivity contribution in [2.24, 2.45) is 55.4 Å². The molecule has 12 heteroatoms. The monoisotopic (exact) mass is 720 g/mol. The molecule has 5 aliphatic rings. The molecule has 0 saturated heterocycles. The van der Waals surface area contributed by atoms with Gasteiger partial charge < -0.3 is 30.3 Å². The second-order valence-electron chi connectivity index (χ2n) is 18.6. The summed E-state index contributed by atoms with van der Waals surface area (Å²) < 4.78 is 7.88. The van der Waals surface area contributed by atoms with Crippen LogP contribution in [0.3, 0.4) is 0 Å². The van der Waals surface area contributed by atoms with E-state index in [1.165, 1.54) is 22.4 Å². The first-order valence-corrected chi connectivity index (χ1v) is 18.9. The molecule has 0 spiro atoms. The molecule has 1 aromatic heterocycles. The second kappa shape index (κ2) is 12.6. The summed E-state index contributed by atoms with van der Waals surface area (Å²) in [5, 5.41) is 68.7. The molecule has 7 rings (SSSR count). The number of carbonyl (C=O) groups excluding carboxylic acids is 1. The average molecular weight is 721 g/mol. The number of hydrogen-bond donors (Lipinski definition) is 5. The third-order valence-corrected chi connectivity index (χ3v) is 15.9. The van der Waals surface area contributed by atoms with Crippen LogP contribution < -0.4 is 0 Å². The summed E-state index contributed by atoms with van der Waals surface area (Å²) in [6, 6.07) is 6.26. The van der Waals surface area contributed by atoms with Crippen LogP contribution in [0.4, 0.5) is 0 Å². The lowest BCUT2D eigenvalue weighted by atomic mass is 9.33. The van der Waals surface area contributed by atoms with E-state index in [1.54, 1.807) is 18.3 Å². The lowest BCUT2D eigenvalue weighted by Gasteiger charge is -2.72. The van der Waals surface area contributed by atoms with Gasteiger partial charge in [-0.15, -0.1) is 10.0 Å². The number of hydrogen-bond acceptors (Lipinski definition) is 10. The van der Waals surface area contributed by atoms with Crippen molar-refractivity contribution in [3.63, 3.8) is 0 Å². The summed E-state index contributed by atoms with van der Waals surface area (Å²) in [5.74, 6) is -0.629. The average Bonchev–Trinajstić information content (AvgIpc) is 3.59. The molecule has 5 aliphatic carbocycles. The van der Waals surface area contributed by atoms with Gasteiger partial charge in [-0.25, -0.2) is 4.68 Å². The first-order valence-electron chi connectivity index (χ1n) is 18.9. The van der Waals surface area contributed by atoms with Crippen molar-refractivity contribution in [3.8, 4) is 5.69 Å². The molecule has 3 unspecified atom stereocenters. The second-order valence-corrected chi connectivity index (χ2v) is 18.6. The van der Waals surface area contributed by atoms with Gasteiger partial charge in [-0.1, -0.05) is 58.4 Å². The van der Waals surface area contributed by atoms with Gasteiger partial charge in [0.05, 0.1) is 61.5 Å². The standard InChI is InChI=1S/C40H56N4O8/c1-35(2)17-27-26-11-12-29-36(3)15-14-30(46)37(4,21-45)28(36)13-16-38(29,5)39(26,6)18-31(47)40(27,33(49)32(35)48)22-52-20-24-19-44(43-41-24)25-9-7-23(8-10-25)34(50)42-51/h7-11,19,27-33,45-49H,12-18,20-22H2,1-6H3/t27?,28?,29?,30-,31+,32-,33-,36-,37+,38+,39+,40-/m0/s1. The Morgan fingerprint density at radius 1 is 0.942 bits per heavy atom. The molecule has 1 heterocycles. The molecule has 5 N–H and O–H groups in total. The van der Waals surface area contributed by atoms with Crippen LogP contribution in [-0.4, -0.2) is 84.1 Å². The van der Waals surface area contributed by atoms with Gasteiger partial charge in [0.15, 0.2) is 0 Å². The fourth-order valence-corrected chi connectivity index (χ4v) is 12.5. The molecule has 12 atom stereocenters. The Labute approximate surface area is 305 Å². The highest BCUT2D eigenvalue weighted by atomic mass is 16.5. The van der Waals surface area contributed by atoms with Crippen LogP contribution in [0, 0.1) is 55.2 Å². The number of aromatic nitrogens is 3. The zero-order valence-corrected chi connectivity index (χ0v) is 31.3. The maximum atomic E-state index is 12.5. The van der Waals surface area contributed by atoms with E-state index >= 15 is 0 Å². The van der Waals surface area contributed by atoms with Crippen molar-refractivity contribution in [3.05, 3.63) is 58.3 Å². The summed E-state index contributed by atoms with van der Waals surface area (Å²) in [6.45, 7) is 13.1. The van der Waals surface area contributed by atoms with Crippen LogP contribution >= 0.6 is 0 Å². The molecule has 284 valence electrons. The zero-order chi connectivity index (χ0) is 37.6. The predicted molar refractivity (Wildman–Crippen MR) is 192 cm³/mol. The predicted octanol–water partition coefficient (Wildman–Crippen LogP) is 4.74. The normalized spacial score (nSPS) is 43.7. The van der Waals surface area contributed by atoms with E-state index in [4.69, 9.17) is 4.74 Å². The number of amides is 1. The van der Waals surface area contributed by atoms with Crippen LogP contribution in [0.5, 0.6) is 0 Å². The maximum absolute atomic E-state index is 12.5. The highest BCUT2D eigenvalue weighted by Gasteiger charge is 2.72.